The zero-order valence-corrected chi connectivity index (χ0v) is 10.8. The highest BCUT2D eigenvalue weighted by atomic mass is 19.3. The Morgan fingerprint density at radius 1 is 1.26 bits per heavy atom. The standard InChI is InChI=1S/C13H16F2O4/c1-18-10-6-8(4-3-5-12(16)17)9(13(14)15)7-11(10)19-2/h6-7,13H,3-5H2,1-2H3,(H,16,17). The second-order valence-corrected chi connectivity index (χ2v) is 3.95. The van der Waals surface area contributed by atoms with Crippen LogP contribution in [0.15, 0.2) is 12.1 Å². The Morgan fingerprint density at radius 3 is 2.32 bits per heavy atom. The van der Waals surface area contributed by atoms with E-state index in [2.05, 4.69) is 0 Å². The largest absolute Gasteiger partial charge is 0.493 e. The smallest absolute Gasteiger partial charge is 0.303 e. The fourth-order valence-corrected chi connectivity index (χ4v) is 1.79. The Kier molecular flexibility index (Phi) is 5.54. The number of aryl methyl sites for hydroxylation is 1. The maximum atomic E-state index is 13.0. The number of halogens is 2. The first-order valence-electron chi connectivity index (χ1n) is 5.74. The van der Waals surface area contributed by atoms with Gasteiger partial charge in [-0.3, -0.25) is 4.79 Å². The fraction of sp³-hybridized carbons (Fsp3) is 0.462. The molecule has 0 fully saturated rings. The van der Waals surface area contributed by atoms with Crippen molar-refractivity contribution in [2.45, 2.75) is 25.7 Å². The molecule has 0 saturated carbocycles. The van der Waals surface area contributed by atoms with Crippen LogP contribution in [0, 0.1) is 0 Å². The van der Waals surface area contributed by atoms with Crippen molar-refractivity contribution in [2.75, 3.05) is 14.2 Å². The Labute approximate surface area is 109 Å². The molecule has 0 aliphatic heterocycles. The summed E-state index contributed by atoms with van der Waals surface area (Å²) in [6, 6.07) is 2.71. The molecule has 0 bridgehead atoms. The molecule has 106 valence electrons. The monoisotopic (exact) mass is 274 g/mol. The molecule has 0 saturated heterocycles. The van der Waals surface area contributed by atoms with E-state index in [0.29, 0.717) is 17.7 Å². The van der Waals surface area contributed by atoms with Crippen molar-refractivity contribution in [3.63, 3.8) is 0 Å². The van der Waals surface area contributed by atoms with Crippen LogP contribution in [-0.4, -0.2) is 25.3 Å². The van der Waals surface area contributed by atoms with Crippen LogP contribution in [0.4, 0.5) is 8.78 Å². The highest BCUT2D eigenvalue weighted by Gasteiger charge is 2.17. The molecule has 1 N–H and O–H groups in total. The maximum Gasteiger partial charge on any atom is 0.303 e. The van der Waals surface area contributed by atoms with E-state index in [-0.39, 0.29) is 24.2 Å². The lowest BCUT2D eigenvalue weighted by atomic mass is 10.0. The summed E-state index contributed by atoms with van der Waals surface area (Å²) in [5.74, 6) is -0.351. The molecule has 6 heteroatoms. The Bertz CT molecular complexity index is 447. The van der Waals surface area contributed by atoms with Crippen molar-refractivity contribution < 1.29 is 28.2 Å². The van der Waals surface area contributed by atoms with Crippen LogP contribution in [0.25, 0.3) is 0 Å². The van der Waals surface area contributed by atoms with Gasteiger partial charge in [-0.1, -0.05) is 0 Å². The molecule has 0 amide bonds. The molecular weight excluding hydrogens is 258 g/mol. The van der Waals surface area contributed by atoms with Crippen LogP contribution >= 0.6 is 0 Å². The van der Waals surface area contributed by atoms with Gasteiger partial charge in [0, 0.05) is 12.0 Å². The molecular formula is C13H16F2O4. The van der Waals surface area contributed by atoms with E-state index >= 15 is 0 Å². The number of carbonyl (C=O) groups is 1. The van der Waals surface area contributed by atoms with E-state index in [0.717, 1.165) is 0 Å². The topological polar surface area (TPSA) is 55.8 Å². The lowest BCUT2D eigenvalue weighted by Crippen LogP contribution is -2.01. The van der Waals surface area contributed by atoms with E-state index in [1.165, 1.54) is 26.4 Å². The van der Waals surface area contributed by atoms with Crippen molar-refractivity contribution in [3.05, 3.63) is 23.3 Å². The summed E-state index contributed by atoms with van der Waals surface area (Å²) >= 11 is 0. The van der Waals surface area contributed by atoms with E-state index in [4.69, 9.17) is 14.6 Å². The number of hydrogen-bond acceptors (Lipinski definition) is 3. The molecule has 1 aromatic carbocycles. The van der Waals surface area contributed by atoms with Crippen LogP contribution in [0.1, 0.15) is 30.4 Å². The van der Waals surface area contributed by atoms with Gasteiger partial charge < -0.3 is 14.6 Å². The number of alkyl halides is 2. The first-order valence-corrected chi connectivity index (χ1v) is 5.74. The summed E-state index contributed by atoms with van der Waals surface area (Å²) in [6.07, 6.45) is -2.15. The van der Waals surface area contributed by atoms with Gasteiger partial charge in [-0.05, 0) is 30.5 Å². The van der Waals surface area contributed by atoms with E-state index in [1.807, 2.05) is 0 Å². The van der Waals surface area contributed by atoms with Crippen LogP contribution in [0.3, 0.4) is 0 Å². The van der Waals surface area contributed by atoms with Gasteiger partial charge in [0.05, 0.1) is 14.2 Å². The minimum Gasteiger partial charge on any atom is -0.493 e. The zero-order valence-electron chi connectivity index (χ0n) is 10.8. The Balaban J connectivity index is 3.02. The summed E-state index contributed by atoms with van der Waals surface area (Å²) in [6.45, 7) is 0. The van der Waals surface area contributed by atoms with E-state index < -0.39 is 12.4 Å². The molecule has 19 heavy (non-hydrogen) atoms. The van der Waals surface area contributed by atoms with Gasteiger partial charge in [-0.25, -0.2) is 8.78 Å². The van der Waals surface area contributed by atoms with Crippen molar-refractivity contribution >= 4 is 5.97 Å². The predicted octanol–water partition coefficient (Wildman–Crippen LogP) is 3.05. The van der Waals surface area contributed by atoms with Gasteiger partial charge in [0.15, 0.2) is 11.5 Å². The fourth-order valence-electron chi connectivity index (χ4n) is 1.79. The average Bonchev–Trinajstić information content (AvgIpc) is 2.37. The zero-order chi connectivity index (χ0) is 14.4. The van der Waals surface area contributed by atoms with Crippen LogP contribution in [0.2, 0.25) is 0 Å². The first-order chi connectivity index (χ1) is 8.99. The molecule has 0 atom stereocenters. The van der Waals surface area contributed by atoms with Crippen LogP contribution in [0.5, 0.6) is 11.5 Å². The van der Waals surface area contributed by atoms with Gasteiger partial charge in [-0.2, -0.15) is 0 Å². The number of ether oxygens (including phenoxy) is 2. The lowest BCUT2D eigenvalue weighted by Gasteiger charge is -2.14. The highest BCUT2D eigenvalue weighted by molar-refractivity contribution is 5.66. The Morgan fingerprint density at radius 2 is 1.84 bits per heavy atom. The molecule has 0 aliphatic carbocycles. The van der Waals surface area contributed by atoms with E-state index in [9.17, 15) is 13.6 Å². The molecule has 0 spiro atoms. The van der Waals surface area contributed by atoms with Crippen molar-refractivity contribution in [1.82, 2.24) is 0 Å². The molecule has 1 aromatic rings. The van der Waals surface area contributed by atoms with Gasteiger partial charge in [0.1, 0.15) is 0 Å². The summed E-state index contributed by atoms with van der Waals surface area (Å²) < 4.78 is 35.9. The molecule has 0 heterocycles. The van der Waals surface area contributed by atoms with Crippen molar-refractivity contribution in [3.8, 4) is 11.5 Å². The third-order valence-electron chi connectivity index (χ3n) is 2.72. The SMILES string of the molecule is COc1cc(CCCC(=O)O)c(C(F)F)cc1OC. The number of rotatable bonds is 7. The van der Waals surface area contributed by atoms with E-state index in [1.54, 1.807) is 0 Å². The molecule has 1 rings (SSSR count). The molecule has 0 unspecified atom stereocenters. The molecule has 0 aliphatic rings. The van der Waals surface area contributed by atoms with Crippen molar-refractivity contribution in [2.24, 2.45) is 0 Å². The van der Waals surface area contributed by atoms with Crippen molar-refractivity contribution in [1.29, 1.82) is 0 Å². The van der Waals surface area contributed by atoms with Gasteiger partial charge >= 0.3 is 5.97 Å². The number of carboxylic acid groups (broad SMARTS) is 1. The molecule has 0 aromatic heterocycles. The number of benzene rings is 1. The number of hydrogen-bond donors (Lipinski definition) is 1. The van der Waals surface area contributed by atoms with Crippen LogP contribution < -0.4 is 9.47 Å². The number of carboxylic acids is 1. The number of methoxy groups -OCH3 is 2. The third kappa shape index (κ3) is 4.08. The quantitative estimate of drug-likeness (QED) is 0.830. The number of aliphatic carboxylic acids is 1. The maximum absolute atomic E-state index is 13.0. The second-order valence-electron chi connectivity index (χ2n) is 3.95. The first kappa shape index (κ1) is 15.2. The second kappa shape index (κ2) is 6.92. The minimum atomic E-state index is -2.64. The Hall–Kier alpha value is -1.85. The minimum absolute atomic E-state index is 0.0585. The highest BCUT2D eigenvalue weighted by Crippen LogP contribution is 2.35. The summed E-state index contributed by atoms with van der Waals surface area (Å²) in [4.78, 5) is 10.4. The average molecular weight is 274 g/mol. The predicted molar refractivity (Wildman–Crippen MR) is 65.1 cm³/mol. The summed E-state index contributed by atoms with van der Waals surface area (Å²) in [7, 11) is 2.79. The molecule has 4 nitrogen and oxygen atoms in total. The normalized spacial score (nSPS) is 10.6. The van der Waals surface area contributed by atoms with Gasteiger partial charge in [0.25, 0.3) is 6.43 Å². The molecule has 0 radical (unpaired) electrons. The van der Waals surface area contributed by atoms with Gasteiger partial charge in [-0.15, -0.1) is 0 Å². The van der Waals surface area contributed by atoms with Gasteiger partial charge in [0.2, 0.25) is 0 Å². The summed E-state index contributed by atoms with van der Waals surface area (Å²) in [5.41, 5.74) is 0.233. The van der Waals surface area contributed by atoms with Crippen LogP contribution in [-0.2, 0) is 11.2 Å². The summed E-state index contributed by atoms with van der Waals surface area (Å²) in [5, 5.41) is 8.56. The third-order valence-corrected chi connectivity index (χ3v) is 2.72. The lowest BCUT2D eigenvalue weighted by molar-refractivity contribution is -0.137.